The van der Waals surface area contributed by atoms with E-state index < -0.39 is 24.9 Å². The van der Waals surface area contributed by atoms with Gasteiger partial charge < -0.3 is 0 Å². The van der Waals surface area contributed by atoms with Gasteiger partial charge in [-0.1, -0.05) is 75.3 Å². The SMILES string of the molecule is CC[Si](CC)(CC)[C@@]1(c2ccc(C(F)(F)F)cc2)CC(=O)c2ccccc21. The zero-order valence-electron chi connectivity index (χ0n) is 16.0. The van der Waals surface area contributed by atoms with Crippen LogP contribution in [0.1, 0.15) is 54.2 Å². The molecule has 3 rings (SSSR count). The first-order valence-electron chi connectivity index (χ1n) is 9.56. The van der Waals surface area contributed by atoms with E-state index in [0.717, 1.165) is 34.8 Å². The third-order valence-electron chi connectivity index (χ3n) is 6.75. The molecule has 1 aliphatic carbocycles. The highest BCUT2D eigenvalue weighted by molar-refractivity contribution is 6.83. The van der Waals surface area contributed by atoms with E-state index in [1.165, 1.54) is 12.1 Å². The zero-order valence-corrected chi connectivity index (χ0v) is 17.0. The van der Waals surface area contributed by atoms with Crippen molar-refractivity contribution in [2.24, 2.45) is 0 Å². The van der Waals surface area contributed by atoms with Gasteiger partial charge in [0.2, 0.25) is 0 Å². The summed E-state index contributed by atoms with van der Waals surface area (Å²) in [5.74, 6) is 0.109. The van der Waals surface area contributed by atoms with Gasteiger partial charge in [0.1, 0.15) is 0 Å². The first-order chi connectivity index (χ1) is 12.8. The Morgan fingerprint density at radius 1 is 0.926 bits per heavy atom. The quantitative estimate of drug-likeness (QED) is 0.524. The van der Waals surface area contributed by atoms with Gasteiger partial charge in [-0.3, -0.25) is 4.79 Å². The first-order valence-corrected chi connectivity index (χ1v) is 12.2. The predicted molar refractivity (Wildman–Crippen MR) is 105 cm³/mol. The molecule has 0 saturated carbocycles. The highest BCUT2D eigenvalue weighted by Crippen LogP contribution is 2.54. The lowest BCUT2D eigenvalue weighted by Crippen LogP contribution is -2.54. The summed E-state index contributed by atoms with van der Waals surface area (Å²) >= 11 is 0. The number of ketones is 1. The molecule has 0 aliphatic heterocycles. The highest BCUT2D eigenvalue weighted by atomic mass is 28.3. The largest absolute Gasteiger partial charge is 0.416 e. The summed E-state index contributed by atoms with van der Waals surface area (Å²) in [6.45, 7) is 6.53. The molecular weight excluding hydrogens is 365 g/mol. The van der Waals surface area contributed by atoms with Crippen molar-refractivity contribution < 1.29 is 18.0 Å². The second-order valence-corrected chi connectivity index (χ2v) is 13.0. The summed E-state index contributed by atoms with van der Waals surface area (Å²) in [5.41, 5.74) is 1.98. The third kappa shape index (κ3) is 2.87. The molecule has 0 bridgehead atoms. The Morgan fingerprint density at radius 2 is 1.48 bits per heavy atom. The molecule has 2 aromatic rings. The van der Waals surface area contributed by atoms with E-state index in [1.807, 2.05) is 24.3 Å². The number of carbonyl (C=O) groups excluding carboxylic acids is 1. The summed E-state index contributed by atoms with van der Waals surface area (Å²) in [6, 6.07) is 16.2. The van der Waals surface area contributed by atoms with Crippen molar-refractivity contribution >= 4 is 13.9 Å². The maximum Gasteiger partial charge on any atom is 0.416 e. The second kappa shape index (κ2) is 6.93. The van der Waals surface area contributed by atoms with Gasteiger partial charge in [0, 0.05) is 17.0 Å². The molecule has 1 aliphatic rings. The van der Waals surface area contributed by atoms with Crippen LogP contribution in [-0.4, -0.2) is 13.9 Å². The van der Waals surface area contributed by atoms with E-state index in [2.05, 4.69) is 20.8 Å². The molecule has 0 aromatic heterocycles. The number of carbonyl (C=O) groups is 1. The minimum atomic E-state index is -4.36. The number of hydrogen-bond donors (Lipinski definition) is 0. The highest BCUT2D eigenvalue weighted by Gasteiger charge is 2.57. The molecule has 144 valence electrons. The average molecular weight is 391 g/mol. The van der Waals surface area contributed by atoms with Crippen LogP contribution in [0.25, 0.3) is 0 Å². The molecule has 0 fully saturated rings. The van der Waals surface area contributed by atoms with E-state index in [1.54, 1.807) is 12.1 Å². The summed E-state index contributed by atoms with van der Waals surface area (Å²) < 4.78 is 39.2. The number of benzene rings is 2. The molecule has 0 radical (unpaired) electrons. The lowest BCUT2D eigenvalue weighted by atomic mass is 9.90. The molecule has 0 amide bonds. The van der Waals surface area contributed by atoms with Crippen LogP contribution in [0.5, 0.6) is 0 Å². The minimum absolute atomic E-state index is 0.109. The van der Waals surface area contributed by atoms with E-state index in [-0.39, 0.29) is 5.78 Å². The van der Waals surface area contributed by atoms with Gasteiger partial charge >= 0.3 is 6.18 Å². The topological polar surface area (TPSA) is 17.1 Å². The van der Waals surface area contributed by atoms with Gasteiger partial charge in [0.05, 0.1) is 13.6 Å². The van der Waals surface area contributed by atoms with Crippen molar-refractivity contribution in [3.8, 4) is 0 Å². The number of alkyl halides is 3. The summed E-state index contributed by atoms with van der Waals surface area (Å²) in [5, 5.41) is -0.455. The molecule has 2 aromatic carbocycles. The van der Waals surface area contributed by atoms with Crippen molar-refractivity contribution in [2.75, 3.05) is 0 Å². The molecule has 1 nitrogen and oxygen atoms in total. The van der Waals surface area contributed by atoms with Crippen molar-refractivity contribution in [3.63, 3.8) is 0 Å². The zero-order chi connectivity index (χ0) is 19.9. The Kier molecular flexibility index (Phi) is 5.10. The lowest BCUT2D eigenvalue weighted by molar-refractivity contribution is -0.137. The fourth-order valence-corrected chi connectivity index (χ4v) is 10.6. The fraction of sp³-hybridized carbons (Fsp3) is 0.409. The normalized spacial score (nSPS) is 20.0. The van der Waals surface area contributed by atoms with E-state index in [9.17, 15) is 18.0 Å². The number of halogens is 3. The van der Waals surface area contributed by atoms with Gasteiger partial charge in [0.25, 0.3) is 0 Å². The van der Waals surface area contributed by atoms with Crippen LogP contribution in [0.3, 0.4) is 0 Å². The molecule has 5 heteroatoms. The monoisotopic (exact) mass is 390 g/mol. The maximum absolute atomic E-state index is 13.1. The number of Topliss-reactive ketones (excluding diaryl/α,β-unsaturated/α-hetero) is 1. The Morgan fingerprint density at radius 3 is 2.00 bits per heavy atom. The van der Waals surface area contributed by atoms with Crippen LogP contribution in [0.2, 0.25) is 18.1 Å². The Labute approximate surface area is 159 Å². The smallest absolute Gasteiger partial charge is 0.294 e. The molecular formula is C22H25F3OSi. The Balaban J connectivity index is 2.30. The first kappa shape index (κ1) is 19.9. The summed E-state index contributed by atoms with van der Waals surface area (Å²) in [4.78, 5) is 12.9. The van der Waals surface area contributed by atoms with Crippen LogP contribution in [0, 0.1) is 0 Å². The fourth-order valence-electron chi connectivity index (χ4n) is 5.17. The Bertz CT molecular complexity index is 829. The van der Waals surface area contributed by atoms with Gasteiger partial charge in [0.15, 0.2) is 5.78 Å². The molecule has 27 heavy (non-hydrogen) atoms. The lowest BCUT2D eigenvalue weighted by Gasteiger charge is -2.47. The van der Waals surface area contributed by atoms with Crippen LogP contribution in [0.4, 0.5) is 13.2 Å². The van der Waals surface area contributed by atoms with E-state index >= 15 is 0 Å². The van der Waals surface area contributed by atoms with Gasteiger partial charge in [-0.15, -0.1) is 0 Å². The molecule has 0 N–H and O–H groups in total. The van der Waals surface area contributed by atoms with Gasteiger partial charge in [-0.25, -0.2) is 0 Å². The van der Waals surface area contributed by atoms with E-state index in [0.29, 0.717) is 6.42 Å². The molecule has 1 atom stereocenters. The van der Waals surface area contributed by atoms with Crippen LogP contribution in [0.15, 0.2) is 48.5 Å². The predicted octanol–water partition coefficient (Wildman–Crippen LogP) is 6.63. The Hall–Kier alpha value is -1.88. The van der Waals surface area contributed by atoms with Gasteiger partial charge in [-0.2, -0.15) is 13.2 Å². The number of rotatable bonds is 5. The van der Waals surface area contributed by atoms with Crippen molar-refractivity contribution in [3.05, 3.63) is 70.8 Å². The average Bonchev–Trinajstić information content (AvgIpc) is 2.98. The minimum Gasteiger partial charge on any atom is -0.294 e. The molecule has 0 heterocycles. The molecule has 0 unspecified atom stereocenters. The molecule has 0 saturated heterocycles. The summed E-state index contributed by atoms with van der Waals surface area (Å²) in [6.07, 6.45) is -3.98. The second-order valence-electron chi connectivity index (χ2n) is 7.47. The van der Waals surface area contributed by atoms with E-state index in [4.69, 9.17) is 0 Å². The van der Waals surface area contributed by atoms with Crippen molar-refractivity contribution in [2.45, 2.75) is 56.5 Å². The van der Waals surface area contributed by atoms with Crippen LogP contribution >= 0.6 is 0 Å². The third-order valence-corrected chi connectivity index (χ3v) is 13.4. The van der Waals surface area contributed by atoms with Crippen LogP contribution in [-0.2, 0) is 11.2 Å². The van der Waals surface area contributed by atoms with Crippen molar-refractivity contribution in [1.29, 1.82) is 0 Å². The van der Waals surface area contributed by atoms with Crippen molar-refractivity contribution in [1.82, 2.24) is 0 Å². The maximum atomic E-state index is 13.1. The summed E-state index contributed by atoms with van der Waals surface area (Å²) in [7, 11) is -2.03. The van der Waals surface area contributed by atoms with Gasteiger partial charge in [-0.05, 0) is 23.3 Å². The number of hydrogen-bond acceptors (Lipinski definition) is 1. The standard InChI is InChI=1S/C22H25F3OSi/c1-4-27(5-2,6-3)21(15-20(26)18-9-7-8-10-19(18)21)16-11-13-17(14-12-16)22(23,24)25/h7-14H,4-6,15H2,1-3H3/t21-/m1/s1. The van der Waals surface area contributed by atoms with Crippen LogP contribution < -0.4 is 0 Å². The number of fused-ring (bicyclic) bond motifs is 1. The molecule has 0 spiro atoms.